The summed E-state index contributed by atoms with van der Waals surface area (Å²) in [5.41, 5.74) is 1.33. The van der Waals surface area contributed by atoms with Gasteiger partial charge in [0.05, 0.1) is 0 Å². The van der Waals surface area contributed by atoms with Gasteiger partial charge in [-0.3, -0.25) is 4.68 Å². The van der Waals surface area contributed by atoms with E-state index in [0.29, 0.717) is 6.04 Å². The molecule has 1 rings (SSSR count). The van der Waals surface area contributed by atoms with Gasteiger partial charge >= 0.3 is 0 Å². The lowest BCUT2D eigenvalue weighted by Crippen LogP contribution is -2.33. The maximum absolute atomic E-state index is 4.20. The van der Waals surface area contributed by atoms with Gasteiger partial charge in [-0.1, -0.05) is 26.7 Å². The van der Waals surface area contributed by atoms with E-state index < -0.39 is 0 Å². The van der Waals surface area contributed by atoms with Gasteiger partial charge in [0.15, 0.2) is 0 Å². The van der Waals surface area contributed by atoms with Crippen LogP contribution in [0.2, 0.25) is 0 Å². The fourth-order valence-electron chi connectivity index (χ4n) is 2.42. The van der Waals surface area contributed by atoms with Gasteiger partial charge in [-0.2, -0.15) is 5.10 Å². The highest BCUT2D eigenvalue weighted by molar-refractivity contribution is 5.00. The minimum absolute atomic E-state index is 0.630. The summed E-state index contributed by atoms with van der Waals surface area (Å²) < 4.78 is 1.97. The van der Waals surface area contributed by atoms with E-state index in [4.69, 9.17) is 0 Å². The van der Waals surface area contributed by atoms with Crippen molar-refractivity contribution in [1.82, 2.24) is 15.1 Å². The highest BCUT2D eigenvalue weighted by Gasteiger charge is 2.16. The zero-order valence-electron chi connectivity index (χ0n) is 11.0. The van der Waals surface area contributed by atoms with E-state index in [9.17, 15) is 0 Å². The van der Waals surface area contributed by atoms with Gasteiger partial charge in [-0.05, 0) is 31.9 Å². The molecule has 0 saturated carbocycles. The third kappa shape index (κ3) is 3.34. The van der Waals surface area contributed by atoms with Crippen LogP contribution in [0, 0.1) is 5.92 Å². The predicted molar refractivity (Wildman–Crippen MR) is 68.4 cm³/mol. The van der Waals surface area contributed by atoms with E-state index in [1.807, 2.05) is 17.9 Å². The van der Waals surface area contributed by atoms with Gasteiger partial charge in [0, 0.05) is 25.0 Å². The molecule has 1 aromatic heterocycles. The number of aromatic nitrogens is 2. The number of nitrogens with zero attached hydrogens (tertiary/aromatic N) is 2. The molecule has 0 saturated heterocycles. The lowest BCUT2D eigenvalue weighted by Gasteiger charge is -2.24. The molecule has 1 aromatic rings. The van der Waals surface area contributed by atoms with Crippen molar-refractivity contribution in [2.45, 2.75) is 45.6 Å². The van der Waals surface area contributed by atoms with Crippen molar-refractivity contribution in [2.75, 3.05) is 7.05 Å². The molecule has 0 fully saturated rings. The summed E-state index contributed by atoms with van der Waals surface area (Å²) in [6.07, 6.45) is 6.70. The average molecular weight is 223 g/mol. The molecule has 0 aliphatic rings. The maximum Gasteiger partial charge on any atom is 0.0492 e. The van der Waals surface area contributed by atoms with Crippen LogP contribution in [0.1, 0.15) is 38.8 Å². The second kappa shape index (κ2) is 6.69. The van der Waals surface area contributed by atoms with Gasteiger partial charge in [-0.25, -0.2) is 0 Å². The topological polar surface area (TPSA) is 29.9 Å². The first-order valence-corrected chi connectivity index (χ1v) is 6.37. The highest BCUT2D eigenvalue weighted by atomic mass is 15.2. The molecule has 3 nitrogen and oxygen atoms in total. The normalized spacial score (nSPS) is 13.3. The summed E-state index contributed by atoms with van der Waals surface area (Å²) in [7, 11) is 4.09. The Morgan fingerprint density at radius 2 is 2.06 bits per heavy atom. The third-order valence-electron chi connectivity index (χ3n) is 3.62. The van der Waals surface area contributed by atoms with Crippen LogP contribution < -0.4 is 5.32 Å². The van der Waals surface area contributed by atoms with Crippen molar-refractivity contribution in [3.63, 3.8) is 0 Å². The van der Waals surface area contributed by atoms with E-state index >= 15 is 0 Å². The summed E-state index contributed by atoms with van der Waals surface area (Å²) in [5, 5.41) is 7.66. The molecule has 92 valence electrons. The Hall–Kier alpha value is -0.830. The first-order valence-electron chi connectivity index (χ1n) is 6.37. The van der Waals surface area contributed by atoms with Crippen molar-refractivity contribution in [1.29, 1.82) is 0 Å². The summed E-state index contributed by atoms with van der Waals surface area (Å²) >= 11 is 0. The molecule has 0 radical (unpaired) electrons. The molecule has 0 aliphatic carbocycles. The molecule has 1 heterocycles. The van der Waals surface area contributed by atoms with Gasteiger partial charge in [0.2, 0.25) is 0 Å². The minimum atomic E-state index is 0.630. The van der Waals surface area contributed by atoms with Gasteiger partial charge < -0.3 is 5.32 Å². The number of hydrogen-bond acceptors (Lipinski definition) is 2. The molecule has 3 heteroatoms. The summed E-state index contributed by atoms with van der Waals surface area (Å²) in [5.74, 6) is 0.790. The van der Waals surface area contributed by atoms with Gasteiger partial charge in [-0.15, -0.1) is 0 Å². The second-order valence-electron chi connectivity index (χ2n) is 4.46. The monoisotopic (exact) mass is 223 g/mol. The van der Waals surface area contributed by atoms with Crippen molar-refractivity contribution in [3.05, 3.63) is 18.0 Å². The highest BCUT2D eigenvalue weighted by Crippen LogP contribution is 2.17. The number of hydrogen-bond donors (Lipinski definition) is 1. The molecule has 0 aromatic carbocycles. The minimum Gasteiger partial charge on any atom is -0.317 e. The Kier molecular flexibility index (Phi) is 5.53. The molecule has 0 bridgehead atoms. The second-order valence-corrected chi connectivity index (χ2v) is 4.46. The lowest BCUT2D eigenvalue weighted by molar-refractivity contribution is 0.332. The summed E-state index contributed by atoms with van der Waals surface area (Å²) in [6.45, 7) is 4.56. The smallest absolute Gasteiger partial charge is 0.0492 e. The van der Waals surface area contributed by atoms with Crippen LogP contribution in [0.15, 0.2) is 12.3 Å². The maximum atomic E-state index is 4.20. The Bertz CT molecular complexity index is 289. The molecule has 0 spiro atoms. The molecule has 1 atom stereocenters. The number of nitrogens with one attached hydrogen (secondary N) is 1. The van der Waals surface area contributed by atoms with E-state index in [2.05, 4.69) is 37.4 Å². The Balaban J connectivity index is 2.48. The van der Waals surface area contributed by atoms with E-state index in [1.54, 1.807) is 0 Å². The molecule has 1 N–H and O–H groups in total. The molecule has 1 unspecified atom stereocenters. The lowest BCUT2D eigenvalue weighted by atomic mass is 9.90. The third-order valence-corrected chi connectivity index (χ3v) is 3.62. The summed E-state index contributed by atoms with van der Waals surface area (Å²) in [4.78, 5) is 0. The average Bonchev–Trinajstić information content (AvgIpc) is 2.70. The zero-order valence-corrected chi connectivity index (χ0v) is 11.0. The Labute approximate surface area is 99.2 Å². The molecule has 0 aliphatic heterocycles. The van der Waals surface area contributed by atoms with Gasteiger partial charge in [0.25, 0.3) is 0 Å². The standard InChI is InChI=1S/C13H25N3/c1-5-11(6-2)13(14-3)8-7-12-9-10-15-16(12)4/h9-11,13-14H,5-8H2,1-4H3. The van der Waals surface area contributed by atoms with Crippen molar-refractivity contribution < 1.29 is 0 Å². The number of aryl methyl sites for hydroxylation is 2. The van der Waals surface area contributed by atoms with Crippen LogP contribution in [-0.4, -0.2) is 22.9 Å². The Morgan fingerprint density at radius 1 is 1.38 bits per heavy atom. The molecular formula is C13H25N3. The SMILES string of the molecule is CCC(CC)C(CCc1ccnn1C)NC. The molecule has 0 amide bonds. The summed E-state index contributed by atoms with van der Waals surface area (Å²) in [6, 6.07) is 2.74. The predicted octanol–water partition coefficient (Wildman–Crippen LogP) is 2.38. The largest absolute Gasteiger partial charge is 0.317 e. The Morgan fingerprint density at radius 3 is 2.50 bits per heavy atom. The van der Waals surface area contributed by atoms with Crippen LogP contribution in [-0.2, 0) is 13.5 Å². The van der Waals surface area contributed by atoms with Crippen LogP contribution in [0.5, 0.6) is 0 Å². The quantitative estimate of drug-likeness (QED) is 0.769. The van der Waals surface area contributed by atoms with Crippen LogP contribution in [0.25, 0.3) is 0 Å². The zero-order chi connectivity index (χ0) is 12.0. The van der Waals surface area contributed by atoms with E-state index in [0.717, 1.165) is 12.3 Å². The van der Waals surface area contributed by atoms with Crippen LogP contribution in [0.3, 0.4) is 0 Å². The fourth-order valence-corrected chi connectivity index (χ4v) is 2.42. The fraction of sp³-hybridized carbons (Fsp3) is 0.769. The number of rotatable bonds is 7. The van der Waals surface area contributed by atoms with Crippen molar-refractivity contribution in [2.24, 2.45) is 13.0 Å². The first kappa shape index (κ1) is 13.2. The van der Waals surface area contributed by atoms with Crippen LogP contribution in [0.4, 0.5) is 0 Å². The molecule has 16 heavy (non-hydrogen) atoms. The van der Waals surface area contributed by atoms with Gasteiger partial charge in [0.1, 0.15) is 0 Å². The van der Waals surface area contributed by atoms with Crippen molar-refractivity contribution in [3.8, 4) is 0 Å². The van der Waals surface area contributed by atoms with Crippen molar-refractivity contribution >= 4 is 0 Å². The first-order chi connectivity index (χ1) is 7.72. The van der Waals surface area contributed by atoms with E-state index in [-0.39, 0.29) is 0 Å². The van der Waals surface area contributed by atoms with E-state index in [1.165, 1.54) is 25.0 Å². The van der Waals surface area contributed by atoms with Crippen LogP contribution >= 0.6 is 0 Å². The molecular weight excluding hydrogens is 198 g/mol.